The highest BCUT2D eigenvalue weighted by atomic mass is 16.5. The van der Waals surface area contributed by atoms with Gasteiger partial charge in [0.05, 0.1) is 23.3 Å². The zero-order valence-corrected chi connectivity index (χ0v) is 15.2. The van der Waals surface area contributed by atoms with E-state index < -0.39 is 0 Å². The van der Waals surface area contributed by atoms with Gasteiger partial charge in [0, 0.05) is 37.7 Å². The molecule has 1 saturated carbocycles. The Hall–Kier alpha value is -2.23. The van der Waals surface area contributed by atoms with E-state index in [9.17, 15) is 0 Å². The third kappa shape index (κ3) is 3.50. The second kappa shape index (κ2) is 7.56. The third-order valence-electron chi connectivity index (χ3n) is 5.83. The lowest BCUT2D eigenvalue weighted by molar-refractivity contribution is 0.0947. The largest absolute Gasteiger partial charge is 0.380 e. The third-order valence-corrected chi connectivity index (χ3v) is 5.83. The molecule has 6 heteroatoms. The molecule has 1 saturated heterocycles. The summed E-state index contributed by atoms with van der Waals surface area (Å²) in [7, 11) is 1.82. The molecule has 26 heavy (non-hydrogen) atoms. The summed E-state index contributed by atoms with van der Waals surface area (Å²) in [5.74, 6) is 0.844. The van der Waals surface area contributed by atoms with E-state index >= 15 is 0 Å². The first kappa shape index (κ1) is 17.2. The average Bonchev–Trinajstić information content (AvgIpc) is 3.18. The molecule has 0 bridgehead atoms. The average molecular weight is 351 g/mol. The number of nitriles is 1. The van der Waals surface area contributed by atoms with E-state index in [2.05, 4.69) is 26.3 Å². The topological polar surface area (TPSA) is 74.1 Å². The number of ether oxygens (including phenoxy) is 1. The van der Waals surface area contributed by atoms with Gasteiger partial charge in [-0.25, -0.2) is 9.97 Å². The predicted octanol–water partition coefficient (Wildman–Crippen LogP) is 2.95. The lowest BCUT2D eigenvalue weighted by atomic mass is 9.90. The van der Waals surface area contributed by atoms with E-state index in [0.717, 1.165) is 49.1 Å². The molecule has 2 aromatic rings. The Morgan fingerprint density at radius 2 is 2.04 bits per heavy atom. The van der Waals surface area contributed by atoms with Crippen molar-refractivity contribution in [1.29, 1.82) is 5.26 Å². The van der Waals surface area contributed by atoms with Crippen LogP contribution in [-0.4, -0.2) is 53.3 Å². The minimum absolute atomic E-state index is 0.410. The number of nitrogens with zero attached hydrogens (tertiary/aromatic N) is 4. The number of hydrogen-bond acceptors (Lipinski definition) is 6. The van der Waals surface area contributed by atoms with Gasteiger partial charge in [-0.05, 0) is 50.3 Å². The van der Waals surface area contributed by atoms with Crippen molar-refractivity contribution in [3.63, 3.8) is 0 Å². The van der Waals surface area contributed by atoms with Gasteiger partial charge in [0.1, 0.15) is 12.1 Å². The first-order chi connectivity index (χ1) is 12.8. The number of likely N-dealkylation sites (tertiary alicyclic amines) is 1. The second-order valence-corrected chi connectivity index (χ2v) is 7.36. The predicted molar refractivity (Wildman–Crippen MR) is 101 cm³/mol. The van der Waals surface area contributed by atoms with Crippen LogP contribution in [0.2, 0.25) is 0 Å². The van der Waals surface area contributed by atoms with Crippen molar-refractivity contribution in [2.45, 2.75) is 50.3 Å². The fourth-order valence-electron chi connectivity index (χ4n) is 4.30. The van der Waals surface area contributed by atoms with Crippen molar-refractivity contribution >= 4 is 16.7 Å². The van der Waals surface area contributed by atoms with Crippen LogP contribution in [0.15, 0.2) is 24.5 Å². The molecule has 0 spiro atoms. The zero-order valence-electron chi connectivity index (χ0n) is 15.2. The number of benzene rings is 1. The van der Waals surface area contributed by atoms with E-state index in [1.54, 1.807) is 12.4 Å². The maximum absolute atomic E-state index is 9.15. The van der Waals surface area contributed by atoms with E-state index in [1.807, 2.05) is 19.2 Å². The molecule has 0 unspecified atom stereocenters. The number of fused-ring (bicyclic) bond motifs is 1. The van der Waals surface area contributed by atoms with Crippen molar-refractivity contribution < 1.29 is 4.74 Å². The van der Waals surface area contributed by atoms with Crippen LogP contribution in [0.5, 0.6) is 0 Å². The number of anilines is 1. The number of methoxy groups -OCH3 is 1. The Kier molecular flexibility index (Phi) is 5.00. The molecule has 0 radical (unpaired) electrons. The Morgan fingerprint density at radius 1 is 1.19 bits per heavy atom. The van der Waals surface area contributed by atoms with E-state index in [1.165, 1.54) is 12.8 Å². The number of aromatic nitrogens is 2. The van der Waals surface area contributed by atoms with Gasteiger partial charge in [0.2, 0.25) is 0 Å². The molecule has 2 heterocycles. The molecule has 6 nitrogen and oxygen atoms in total. The van der Waals surface area contributed by atoms with Crippen LogP contribution < -0.4 is 5.32 Å². The highest BCUT2D eigenvalue weighted by Gasteiger charge is 2.31. The molecule has 4 rings (SSSR count). The van der Waals surface area contributed by atoms with Crippen LogP contribution >= 0.6 is 0 Å². The molecular formula is C20H25N5O. The monoisotopic (exact) mass is 351 g/mol. The molecular weight excluding hydrogens is 326 g/mol. The normalized spacial score (nSPS) is 26.7. The minimum atomic E-state index is 0.410. The quantitative estimate of drug-likeness (QED) is 0.913. The highest BCUT2D eigenvalue weighted by Crippen LogP contribution is 2.29. The van der Waals surface area contributed by atoms with Gasteiger partial charge in [-0.1, -0.05) is 0 Å². The van der Waals surface area contributed by atoms with Crippen LogP contribution in [0.4, 0.5) is 5.82 Å². The Labute approximate surface area is 154 Å². The number of rotatable bonds is 4. The van der Waals surface area contributed by atoms with Gasteiger partial charge < -0.3 is 10.1 Å². The van der Waals surface area contributed by atoms with Gasteiger partial charge in [-0.3, -0.25) is 4.90 Å². The van der Waals surface area contributed by atoms with Crippen molar-refractivity contribution in [1.82, 2.24) is 14.9 Å². The van der Waals surface area contributed by atoms with E-state index in [-0.39, 0.29) is 0 Å². The SMILES string of the molecule is CO[C@@H]1CCN(C2CCC(Nc3ncnc4ccc(C#N)cc34)CC2)C1. The molecule has 1 N–H and O–H groups in total. The zero-order chi connectivity index (χ0) is 17.9. The second-order valence-electron chi connectivity index (χ2n) is 7.36. The lowest BCUT2D eigenvalue weighted by Crippen LogP contribution is -2.39. The molecule has 1 atom stereocenters. The first-order valence-corrected chi connectivity index (χ1v) is 9.45. The maximum Gasteiger partial charge on any atom is 0.137 e. The van der Waals surface area contributed by atoms with Crippen molar-refractivity contribution in [3.8, 4) is 6.07 Å². The minimum Gasteiger partial charge on any atom is -0.380 e. The molecule has 1 aliphatic carbocycles. The summed E-state index contributed by atoms with van der Waals surface area (Å²) in [4.78, 5) is 11.3. The van der Waals surface area contributed by atoms with Gasteiger partial charge in [-0.15, -0.1) is 0 Å². The Balaban J connectivity index is 1.40. The maximum atomic E-state index is 9.15. The van der Waals surface area contributed by atoms with Crippen LogP contribution in [0.3, 0.4) is 0 Å². The van der Waals surface area contributed by atoms with Crippen LogP contribution in [0.25, 0.3) is 10.9 Å². The summed E-state index contributed by atoms with van der Waals surface area (Å²) in [6.45, 7) is 2.24. The fourth-order valence-corrected chi connectivity index (χ4v) is 4.30. The smallest absolute Gasteiger partial charge is 0.137 e. The number of nitrogens with one attached hydrogen (secondary N) is 1. The van der Waals surface area contributed by atoms with E-state index in [0.29, 0.717) is 23.8 Å². The van der Waals surface area contributed by atoms with E-state index in [4.69, 9.17) is 10.00 Å². The first-order valence-electron chi connectivity index (χ1n) is 9.45. The molecule has 136 valence electrons. The van der Waals surface area contributed by atoms with Crippen molar-refractivity contribution in [2.75, 3.05) is 25.5 Å². The Morgan fingerprint density at radius 3 is 2.77 bits per heavy atom. The fraction of sp³-hybridized carbons (Fsp3) is 0.550. The lowest BCUT2D eigenvalue weighted by Gasteiger charge is -2.35. The number of hydrogen-bond donors (Lipinski definition) is 1. The molecule has 1 aliphatic heterocycles. The summed E-state index contributed by atoms with van der Waals surface area (Å²) >= 11 is 0. The summed E-state index contributed by atoms with van der Waals surface area (Å²) in [5.41, 5.74) is 1.51. The summed E-state index contributed by atoms with van der Waals surface area (Å²) in [6.07, 6.45) is 7.86. The van der Waals surface area contributed by atoms with Crippen LogP contribution in [0, 0.1) is 11.3 Å². The van der Waals surface area contributed by atoms with Gasteiger partial charge in [0.25, 0.3) is 0 Å². The van der Waals surface area contributed by atoms with Crippen LogP contribution in [0.1, 0.15) is 37.7 Å². The summed E-state index contributed by atoms with van der Waals surface area (Å²) < 4.78 is 5.50. The molecule has 0 amide bonds. The highest BCUT2D eigenvalue weighted by molar-refractivity contribution is 5.89. The van der Waals surface area contributed by atoms with Crippen LogP contribution in [-0.2, 0) is 4.74 Å². The standard InChI is InChI=1S/C20H25N5O/c1-26-17-8-9-25(12-17)16-5-3-15(4-6-16)24-20-18-10-14(11-21)2-7-19(18)22-13-23-20/h2,7,10,13,15-17H,3-6,8-9,12H2,1H3,(H,22,23,24)/t15?,16?,17-/m1/s1. The summed E-state index contributed by atoms with van der Waals surface area (Å²) in [5, 5.41) is 13.7. The molecule has 2 aliphatic rings. The molecule has 1 aromatic carbocycles. The molecule has 1 aromatic heterocycles. The van der Waals surface area contributed by atoms with Gasteiger partial charge in [-0.2, -0.15) is 5.26 Å². The Bertz CT molecular complexity index is 809. The summed E-state index contributed by atoms with van der Waals surface area (Å²) in [6, 6.07) is 8.86. The van der Waals surface area contributed by atoms with Gasteiger partial charge >= 0.3 is 0 Å². The van der Waals surface area contributed by atoms with Crippen molar-refractivity contribution in [3.05, 3.63) is 30.1 Å². The molecule has 2 fully saturated rings. The van der Waals surface area contributed by atoms with Gasteiger partial charge in [0.15, 0.2) is 0 Å². The van der Waals surface area contributed by atoms with Crippen molar-refractivity contribution in [2.24, 2.45) is 0 Å².